The molecule has 2 aromatic carbocycles. The van der Waals surface area contributed by atoms with E-state index in [0.29, 0.717) is 17.0 Å². The van der Waals surface area contributed by atoms with Crippen LogP contribution in [0.25, 0.3) is 0 Å². The average molecular weight is 372 g/mol. The Bertz CT molecular complexity index is 947. The van der Waals surface area contributed by atoms with Crippen molar-refractivity contribution in [3.05, 3.63) is 89.5 Å². The van der Waals surface area contributed by atoms with Crippen molar-refractivity contribution in [2.24, 2.45) is 0 Å². The van der Waals surface area contributed by atoms with E-state index in [0.717, 1.165) is 12.1 Å². The van der Waals surface area contributed by atoms with Crippen molar-refractivity contribution >= 4 is 11.6 Å². The summed E-state index contributed by atoms with van der Waals surface area (Å²) >= 11 is 0. The Kier molecular flexibility index (Phi) is 5.40. The predicted octanol–water partition coefficient (Wildman–Crippen LogP) is 4.35. The Morgan fingerprint density at radius 3 is 2.41 bits per heavy atom. The van der Waals surface area contributed by atoms with Crippen molar-refractivity contribution in [3.63, 3.8) is 0 Å². The number of carbonyl (C=O) groups is 1. The molecule has 7 heteroatoms. The molecule has 4 nitrogen and oxygen atoms in total. The number of pyridine rings is 1. The highest BCUT2D eigenvalue weighted by molar-refractivity contribution is 6.06. The van der Waals surface area contributed by atoms with Gasteiger partial charge in [-0.1, -0.05) is 6.07 Å². The van der Waals surface area contributed by atoms with Crippen molar-refractivity contribution < 1.29 is 22.7 Å². The van der Waals surface area contributed by atoms with Crippen LogP contribution in [-0.4, -0.2) is 18.0 Å². The molecule has 3 aromatic rings. The van der Waals surface area contributed by atoms with Crippen molar-refractivity contribution in [3.8, 4) is 5.75 Å². The molecule has 1 aromatic heterocycles. The monoisotopic (exact) mass is 372 g/mol. The Morgan fingerprint density at radius 2 is 1.78 bits per heavy atom. The summed E-state index contributed by atoms with van der Waals surface area (Å²) in [5, 5.41) is 0. The number of benzene rings is 2. The highest BCUT2D eigenvalue weighted by Gasteiger charge is 2.25. The molecule has 0 aliphatic rings. The van der Waals surface area contributed by atoms with Crippen LogP contribution in [0.3, 0.4) is 0 Å². The fraction of sp³-hybridized carbons (Fsp3) is 0.100. The van der Waals surface area contributed by atoms with Gasteiger partial charge in [0.15, 0.2) is 17.5 Å². The number of rotatable bonds is 5. The van der Waals surface area contributed by atoms with Crippen LogP contribution in [0.2, 0.25) is 0 Å². The van der Waals surface area contributed by atoms with Crippen molar-refractivity contribution in [1.82, 2.24) is 4.98 Å². The van der Waals surface area contributed by atoms with Crippen LogP contribution in [0.1, 0.15) is 15.9 Å². The first-order valence-electron chi connectivity index (χ1n) is 7.99. The molecule has 0 aliphatic carbocycles. The lowest BCUT2D eigenvalue weighted by Crippen LogP contribution is -2.31. The molecular formula is C20H15F3N2O2. The van der Waals surface area contributed by atoms with Gasteiger partial charge in [-0.2, -0.15) is 0 Å². The van der Waals surface area contributed by atoms with Crippen molar-refractivity contribution in [2.75, 3.05) is 12.0 Å². The van der Waals surface area contributed by atoms with Crippen LogP contribution < -0.4 is 9.64 Å². The van der Waals surface area contributed by atoms with Crippen LogP contribution in [0.15, 0.2) is 60.9 Å². The van der Waals surface area contributed by atoms with Crippen LogP contribution in [-0.2, 0) is 6.54 Å². The minimum absolute atomic E-state index is 0.0669. The zero-order valence-corrected chi connectivity index (χ0v) is 14.3. The quantitative estimate of drug-likeness (QED) is 0.625. The fourth-order valence-electron chi connectivity index (χ4n) is 2.55. The number of halogens is 3. The third-order valence-corrected chi connectivity index (χ3v) is 3.96. The van der Waals surface area contributed by atoms with Gasteiger partial charge >= 0.3 is 0 Å². The lowest BCUT2D eigenvalue weighted by atomic mass is 10.1. The number of methoxy groups -OCH3 is 1. The summed E-state index contributed by atoms with van der Waals surface area (Å²) in [4.78, 5) is 18.2. The molecular weight excluding hydrogens is 357 g/mol. The molecule has 0 atom stereocenters. The number of hydrogen-bond donors (Lipinski definition) is 0. The van der Waals surface area contributed by atoms with Crippen LogP contribution >= 0.6 is 0 Å². The Hall–Kier alpha value is -3.35. The van der Waals surface area contributed by atoms with Crippen LogP contribution in [0.5, 0.6) is 5.75 Å². The molecule has 0 unspecified atom stereocenters. The SMILES string of the molecule is COc1ccc(N(Cc2cccnc2)C(=O)c2ccc(F)c(F)c2F)cc1. The standard InChI is InChI=1S/C20H15F3N2O2/c1-27-15-6-4-14(5-7-15)25(12-13-3-2-10-24-11-13)20(26)16-8-9-17(21)19(23)18(16)22/h2-11H,12H2,1H3. The molecule has 27 heavy (non-hydrogen) atoms. The highest BCUT2D eigenvalue weighted by atomic mass is 19.2. The summed E-state index contributed by atoms with van der Waals surface area (Å²) in [7, 11) is 1.50. The van der Waals surface area contributed by atoms with E-state index in [1.165, 1.54) is 12.0 Å². The maximum absolute atomic E-state index is 14.2. The molecule has 3 rings (SSSR count). The third kappa shape index (κ3) is 3.92. The summed E-state index contributed by atoms with van der Waals surface area (Å²) in [5.41, 5.74) is 0.562. The summed E-state index contributed by atoms with van der Waals surface area (Å²) in [5.74, 6) is -4.79. The lowest BCUT2D eigenvalue weighted by molar-refractivity contribution is 0.0980. The molecule has 0 spiro atoms. The average Bonchev–Trinajstić information content (AvgIpc) is 2.71. The zero-order chi connectivity index (χ0) is 19.4. The zero-order valence-electron chi connectivity index (χ0n) is 14.3. The number of carbonyl (C=O) groups excluding carboxylic acids is 1. The van der Waals surface area contributed by atoms with Gasteiger partial charge in [0.2, 0.25) is 0 Å². The van der Waals surface area contributed by atoms with Crippen molar-refractivity contribution in [2.45, 2.75) is 6.54 Å². The Morgan fingerprint density at radius 1 is 1.04 bits per heavy atom. The van der Waals surface area contributed by atoms with E-state index in [-0.39, 0.29) is 6.54 Å². The smallest absolute Gasteiger partial charge is 0.261 e. The number of anilines is 1. The minimum Gasteiger partial charge on any atom is -0.497 e. The van der Waals surface area contributed by atoms with Gasteiger partial charge in [0.25, 0.3) is 5.91 Å². The number of ether oxygens (including phenoxy) is 1. The molecule has 0 aliphatic heterocycles. The van der Waals surface area contributed by atoms with E-state index in [9.17, 15) is 18.0 Å². The lowest BCUT2D eigenvalue weighted by Gasteiger charge is -2.23. The largest absolute Gasteiger partial charge is 0.497 e. The molecule has 0 fully saturated rings. The van der Waals surface area contributed by atoms with E-state index in [2.05, 4.69) is 4.98 Å². The summed E-state index contributed by atoms with van der Waals surface area (Å²) in [6.45, 7) is 0.0669. The van der Waals surface area contributed by atoms with E-state index in [1.807, 2.05) is 0 Å². The summed E-state index contributed by atoms with van der Waals surface area (Å²) < 4.78 is 46.1. The van der Waals surface area contributed by atoms with Gasteiger partial charge in [-0.3, -0.25) is 9.78 Å². The van der Waals surface area contributed by atoms with E-state index < -0.39 is 28.9 Å². The molecule has 0 radical (unpaired) electrons. The van der Waals surface area contributed by atoms with E-state index in [1.54, 1.807) is 48.8 Å². The van der Waals surface area contributed by atoms with Gasteiger partial charge in [0.1, 0.15) is 5.75 Å². The number of aromatic nitrogens is 1. The normalized spacial score (nSPS) is 10.5. The second-order valence-corrected chi connectivity index (χ2v) is 5.67. The van der Waals surface area contributed by atoms with Gasteiger partial charge in [-0.15, -0.1) is 0 Å². The topological polar surface area (TPSA) is 42.4 Å². The number of hydrogen-bond acceptors (Lipinski definition) is 3. The molecule has 1 heterocycles. The van der Waals surface area contributed by atoms with Crippen LogP contribution in [0.4, 0.5) is 18.9 Å². The maximum Gasteiger partial charge on any atom is 0.261 e. The first kappa shape index (κ1) is 18.4. The number of amides is 1. The molecule has 0 N–H and O–H groups in total. The van der Waals surface area contributed by atoms with Gasteiger partial charge in [-0.25, -0.2) is 13.2 Å². The van der Waals surface area contributed by atoms with E-state index in [4.69, 9.17) is 4.74 Å². The second-order valence-electron chi connectivity index (χ2n) is 5.67. The summed E-state index contributed by atoms with van der Waals surface area (Å²) in [6, 6.07) is 11.6. The third-order valence-electron chi connectivity index (χ3n) is 3.96. The predicted molar refractivity (Wildman–Crippen MR) is 94.1 cm³/mol. The minimum atomic E-state index is -1.68. The number of nitrogens with zero attached hydrogens (tertiary/aromatic N) is 2. The molecule has 138 valence electrons. The Labute approximate surface area is 153 Å². The molecule has 0 saturated carbocycles. The molecule has 0 saturated heterocycles. The van der Waals surface area contributed by atoms with Gasteiger partial charge < -0.3 is 9.64 Å². The molecule has 1 amide bonds. The Balaban J connectivity index is 2.02. The fourth-order valence-corrected chi connectivity index (χ4v) is 2.55. The summed E-state index contributed by atoms with van der Waals surface area (Å²) in [6.07, 6.45) is 3.14. The first-order valence-corrected chi connectivity index (χ1v) is 7.99. The van der Waals surface area contributed by atoms with Gasteiger partial charge in [0.05, 0.1) is 19.2 Å². The van der Waals surface area contributed by atoms with Gasteiger partial charge in [-0.05, 0) is 48.0 Å². The van der Waals surface area contributed by atoms with Gasteiger partial charge in [0, 0.05) is 18.1 Å². The molecule has 0 bridgehead atoms. The van der Waals surface area contributed by atoms with Crippen LogP contribution in [0, 0.1) is 17.5 Å². The van der Waals surface area contributed by atoms with E-state index >= 15 is 0 Å². The van der Waals surface area contributed by atoms with Crippen molar-refractivity contribution in [1.29, 1.82) is 0 Å². The second kappa shape index (κ2) is 7.90. The maximum atomic E-state index is 14.2. The first-order chi connectivity index (χ1) is 13.0. The highest BCUT2D eigenvalue weighted by Crippen LogP contribution is 2.25.